The van der Waals surface area contributed by atoms with Crippen LogP contribution in [0, 0.1) is 0 Å². The second kappa shape index (κ2) is 0.857. The smallest absolute Gasteiger partial charge is 0.0567 e. The molecule has 2 rings (SSSR count). The lowest BCUT2D eigenvalue weighted by atomic mass is 9.74. The highest BCUT2D eigenvalue weighted by atomic mass is 15.0. The topological polar surface area (TPSA) is 12.0 Å². The minimum atomic E-state index is 0.514. The third-order valence-electron chi connectivity index (χ3n) is 2.02. The molecule has 2 aliphatic rings. The van der Waals surface area contributed by atoms with Crippen LogP contribution in [-0.2, 0) is 0 Å². The van der Waals surface area contributed by atoms with E-state index in [1.807, 2.05) is 6.20 Å². The van der Waals surface area contributed by atoms with Crippen molar-refractivity contribution in [2.24, 2.45) is 0 Å². The normalized spacial score (nSPS) is 30.9. The van der Waals surface area contributed by atoms with E-state index in [4.69, 9.17) is 0 Å². The molecule has 7 heavy (non-hydrogen) atoms. The Bertz CT molecular complexity index is 111. The molecule has 0 aromatic heterocycles. The van der Waals surface area contributed by atoms with Gasteiger partial charge >= 0.3 is 0 Å². The van der Waals surface area contributed by atoms with E-state index in [1.54, 1.807) is 0 Å². The Balaban J connectivity index is 2.15. The summed E-state index contributed by atoms with van der Waals surface area (Å²) in [6.07, 6.45) is 8.46. The molecule has 0 aromatic rings. The molecule has 1 aliphatic heterocycles. The first-order valence-corrected chi connectivity index (χ1v) is 2.87. The first kappa shape index (κ1) is 3.53. The van der Waals surface area contributed by atoms with Crippen LogP contribution in [-0.4, -0.2) is 5.54 Å². The highest BCUT2D eigenvalue weighted by Crippen LogP contribution is 2.36. The van der Waals surface area contributed by atoms with Gasteiger partial charge < -0.3 is 5.32 Å². The van der Waals surface area contributed by atoms with Crippen molar-refractivity contribution in [1.29, 1.82) is 0 Å². The fourth-order valence-electron chi connectivity index (χ4n) is 1.19. The Hall–Kier alpha value is -0.460. The van der Waals surface area contributed by atoms with E-state index < -0.39 is 0 Å². The number of hydrogen-bond donors (Lipinski definition) is 1. The molecule has 1 heteroatoms. The van der Waals surface area contributed by atoms with Crippen LogP contribution in [0.1, 0.15) is 19.3 Å². The van der Waals surface area contributed by atoms with Gasteiger partial charge in [0.25, 0.3) is 0 Å². The summed E-state index contributed by atoms with van der Waals surface area (Å²) in [5, 5.41) is 3.28. The van der Waals surface area contributed by atoms with Crippen molar-refractivity contribution >= 4 is 0 Å². The van der Waals surface area contributed by atoms with Crippen LogP contribution in [0.25, 0.3) is 0 Å². The van der Waals surface area contributed by atoms with Gasteiger partial charge in [0.05, 0.1) is 5.54 Å². The van der Waals surface area contributed by atoms with E-state index >= 15 is 0 Å². The summed E-state index contributed by atoms with van der Waals surface area (Å²) in [5.74, 6) is 0. The van der Waals surface area contributed by atoms with Gasteiger partial charge in [0, 0.05) is 0 Å². The van der Waals surface area contributed by atoms with Gasteiger partial charge in [-0.15, -0.1) is 0 Å². The van der Waals surface area contributed by atoms with E-state index in [2.05, 4.69) is 11.4 Å². The van der Waals surface area contributed by atoms with E-state index in [-0.39, 0.29) is 0 Å². The van der Waals surface area contributed by atoms with E-state index in [0.717, 1.165) is 0 Å². The molecule has 38 valence electrons. The van der Waals surface area contributed by atoms with Crippen LogP contribution in [0.5, 0.6) is 0 Å². The fraction of sp³-hybridized carbons (Fsp3) is 0.667. The van der Waals surface area contributed by atoms with Gasteiger partial charge in [-0.3, -0.25) is 0 Å². The van der Waals surface area contributed by atoms with Gasteiger partial charge in [-0.2, -0.15) is 0 Å². The Kier molecular flexibility index (Phi) is 0.432. The maximum Gasteiger partial charge on any atom is 0.0567 e. The van der Waals surface area contributed by atoms with Crippen LogP contribution in [0.3, 0.4) is 0 Å². The third kappa shape index (κ3) is 0.287. The van der Waals surface area contributed by atoms with Crippen LogP contribution < -0.4 is 5.32 Å². The third-order valence-corrected chi connectivity index (χ3v) is 2.02. The molecule has 0 radical (unpaired) electrons. The van der Waals surface area contributed by atoms with Crippen LogP contribution >= 0.6 is 0 Å². The minimum Gasteiger partial charge on any atom is -0.382 e. The molecular formula is C6H9N. The van der Waals surface area contributed by atoms with Crippen molar-refractivity contribution in [2.75, 3.05) is 0 Å². The maximum absolute atomic E-state index is 3.28. The zero-order valence-electron chi connectivity index (χ0n) is 4.28. The first-order chi connectivity index (χ1) is 3.41. The van der Waals surface area contributed by atoms with Crippen LogP contribution in [0.2, 0.25) is 0 Å². The van der Waals surface area contributed by atoms with Crippen molar-refractivity contribution in [3.63, 3.8) is 0 Å². The summed E-state index contributed by atoms with van der Waals surface area (Å²) in [4.78, 5) is 0. The fourth-order valence-corrected chi connectivity index (χ4v) is 1.19. The molecule has 0 aromatic carbocycles. The highest BCUT2D eigenvalue weighted by molar-refractivity contribution is 5.21. The Morgan fingerprint density at radius 1 is 1.43 bits per heavy atom. The zero-order valence-corrected chi connectivity index (χ0v) is 4.28. The quantitative estimate of drug-likeness (QED) is 0.473. The van der Waals surface area contributed by atoms with Gasteiger partial charge in [0.15, 0.2) is 0 Å². The van der Waals surface area contributed by atoms with Crippen molar-refractivity contribution in [2.45, 2.75) is 24.8 Å². The highest BCUT2D eigenvalue weighted by Gasteiger charge is 2.36. The van der Waals surface area contributed by atoms with Gasteiger partial charge in [0.2, 0.25) is 0 Å². The Morgan fingerprint density at radius 2 is 2.14 bits per heavy atom. The molecular weight excluding hydrogens is 86.1 g/mol. The molecule has 1 saturated carbocycles. The lowest BCUT2D eigenvalue weighted by molar-refractivity contribution is 0.245. The summed E-state index contributed by atoms with van der Waals surface area (Å²) in [5.41, 5.74) is 0.514. The average molecular weight is 95.1 g/mol. The largest absolute Gasteiger partial charge is 0.382 e. The predicted molar refractivity (Wildman–Crippen MR) is 28.9 cm³/mol. The van der Waals surface area contributed by atoms with Gasteiger partial charge in [0.1, 0.15) is 0 Å². The number of nitrogens with one attached hydrogen (secondary N) is 1. The van der Waals surface area contributed by atoms with E-state index in [0.29, 0.717) is 5.54 Å². The lowest BCUT2D eigenvalue weighted by Gasteiger charge is -2.45. The summed E-state index contributed by atoms with van der Waals surface area (Å²) in [6, 6.07) is 0. The van der Waals surface area contributed by atoms with Crippen molar-refractivity contribution in [3.05, 3.63) is 12.3 Å². The first-order valence-electron chi connectivity index (χ1n) is 2.87. The maximum atomic E-state index is 3.28. The summed E-state index contributed by atoms with van der Waals surface area (Å²) in [7, 11) is 0. The van der Waals surface area contributed by atoms with E-state index in [1.165, 1.54) is 19.3 Å². The monoisotopic (exact) mass is 95.1 g/mol. The Morgan fingerprint density at radius 3 is 2.14 bits per heavy atom. The van der Waals surface area contributed by atoms with Crippen molar-refractivity contribution in [1.82, 2.24) is 5.32 Å². The average Bonchev–Trinajstić information content (AvgIpc) is 1.20. The van der Waals surface area contributed by atoms with Crippen LogP contribution in [0.4, 0.5) is 0 Å². The SMILES string of the molecule is C1=CC2(CCC2)N1. The molecule has 1 nitrogen and oxygen atoms in total. The molecule has 1 aliphatic carbocycles. The molecule has 1 fully saturated rings. The summed E-state index contributed by atoms with van der Waals surface area (Å²) in [6.45, 7) is 0. The summed E-state index contributed by atoms with van der Waals surface area (Å²) < 4.78 is 0. The minimum absolute atomic E-state index is 0.514. The molecule has 0 amide bonds. The molecule has 0 saturated heterocycles. The second-order valence-corrected chi connectivity index (χ2v) is 2.49. The lowest BCUT2D eigenvalue weighted by Crippen LogP contribution is -2.52. The molecule has 0 unspecified atom stereocenters. The van der Waals surface area contributed by atoms with Gasteiger partial charge in [-0.1, -0.05) is 0 Å². The van der Waals surface area contributed by atoms with E-state index in [9.17, 15) is 0 Å². The van der Waals surface area contributed by atoms with Crippen molar-refractivity contribution in [3.8, 4) is 0 Å². The predicted octanol–water partition coefficient (Wildman–Crippen LogP) is 1.03. The molecule has 0 bridgehead atoms. The zero-order chi connectivity index (χ0) is 4.74. The number of rotatable bonds is 0. The summed E-state index contributed by atoms with van der Waals surface area (Å²) >= 11 is 0. The van der Waals surface area contributed by atoms with Crippen LogP contribution in [0.15, 0.2) is 12.3 Å². The number of hydrogen-bond acceptors (Lipinski definition) is 1. The van der Waals surface area contributed by atoms with Gasteiger partial charge in [-0.25, -0.2) is 0 Å². The molecule has 1 heterocycles. The van der Waals surface area contributed by atoms with Gasteiger partial charge in [-0.05, 0) is 31.5 Å². The Labute approximate surface area is 43.4 Å². The standard InChI is InChI=1S/C6H9N/c1-2-6(3-1)4-5-7-6/h4-5,7H,1-3H2. The molecule has 1 N–H and O–H groups in total. The molecule has 0 atom stereocenters. The second-order valence-electron chi connectivity index (χ2n) is 2.49. The molecule has 1 spiro atoms. The van der Waals surface area contributed by atoms with Crippen molar-refractivity contribution < 1.29 is 0 Å².